The Morgan fingerprint density at radius 2 is 2.43 bits per heavy atom. The van der Waals surface area contributed by atoms with Crippen molar-refractivity contribution in [3.63, 3.8) is 0 Å². The van der Waals surface area contributed by atoms with Crippen LogP contribution in [0.25, 0.3) is 0 Å². The highest BCUT2D eigenvalue weighted by atomic mass is 16.5. The maximum Gasteiger partial charge on any atom is 0.282 e. The summed E-state index contributed by atoms with van der Waals surface area (Å²) in [6.45, 7) is 2.70. The molecule has 1 heterocycles. The molecule has 3 heteroatoms. The van der Waals surface area contributed by atoms with Crippen molar-refractivity contribution in [2.45, 2.75) is 19.4 Å². The van der Waals surface area contributed by atoms with Crippen molar-refractivity contribution in [2.75, 3.05) is 6.61 Å². The van der Waals surface area contributed by atoms with Crippen LogP contribution in [0.5, 0.6) is 0 Å². The van der Waals surface area contributed by atoms with Gasteiger partial charge in [-0.05, 0) is 18.9 Å². The monoisotopic (exact) mass is 190 g/mol. The number of hydrogen-bond donors (Lipinski definition) is 1. The Balaban J connectivity index is 2.04. The number of hydrogen-bond acceptors (Lipinski definition) is 3. The summed E-state index contributed by atoms with van der Waals surface area (Å²) >= 11 is 0. The second-order valence-corrected chi connectivity index (χ2v) is 3.63. The molecule has 0 saturated carbocycles. The van der Waals surface area contributed by atoms with Gasteiger partial charge in [-0.3, -0.25) is 0 Å². The summed E-state index contributed by atoms with van der Waals surface area (Å²) in [5, 5.41) is 0. The molecule has 0 fully saturated rings. The number of nitrogens with zero attached hydrogens (tertiary/aromatic N) is 1. The van der Waals surface area contributed by atoms with E-state index in [4.69, 9.17) is 10.5 Å². The molecule has 2 N–H and O–H groups in total. The van der Waals surface area contributed by atoms with Crippen LogP contribution in [-0.4, -0.2) is 18.7 Å². The van der Waals surface area contributed by atoms with Crippen molar-refractivity contribution in [1.82, 2.24) is 0 Å². The maximum absolute atomic E-state index is 5.44. The highest BCUT2D eigenvalue weighted by Gasteiger charge is 2.16. The molecule has 1 aromatic rings. The first-order valence-corrected chi connectivity index (χ1v) is 4.75. The number of aryl methyl sites for hydroxylation is 1. The third-order valence-electron chi connectivity index (χ3n) is 2.29. The lowest BCUT2D eigenvalue weighted by molar-refractivity contribution is 0.312. The second kappa shape index (κ2) is 3.70. The molecule has 0 spiro atoms. The molecule has 0 amide bonds. The van der Waals surface area contributed by atoms with Gasteiger partial charge in [0.2, 0.25) is 0 Å². The maximum atomic E-state index is 5.44. The van der Waals surface area contributed by atoms with Crippen molar-refractivity contribution < 1.29 is 4.74 Å². The summed E-state index contributed by atoms with van der Waals surface area (Å²) < 4.78 is 5.10. The van der Waals surface area contributed by atoms with Gasteiger partial charge in [0.1, 0.15) is 6.61 Å². The molecule has 1 aliphatic rings. The molecule has 3 nitrogen and oxygen atoms in total. The van der Waals surface area contributed by atoms with Crippen LogP contribution >= 0.6 is 0 Å². The lowest BCUT2D eigenvalue weighted by Crippen LogP contribution is -2.11. The van der Waals surface area contributed by atoms with E-state index in [-0.39, 0.29) is 6.04 Å². The highest BCUT2D eigenvalue weighted by Crippen LogP contribution is 2.11. The zero-order chi connectivity index (χ0) is 9.97. The van der Waals surface area contributed by atoms with E-state index in [0.29, 0.717) is 12.6 Å². The van der Waals surface area contributed by atoms with Crippen molar-refractivity contribution in [2.24, 2.45) is 10.7 Å². The molecule has 0 radical (unpaired) electrons. The van der Waals surface area contributed by atoms with Crippen LogP contribution < -0.4 is 5.73 Å². The van der Waals surface area contributed by atoms with Crippen LogP contribution in [0.3, 0.4) is 0 Å². The fraction of sp³-hybridized carbons (Fsp3) is 0.364. The first kappa shape index (κ1) is 9.06. The average molecular weight is 190 g/mol. The summed E-state index contributed by atoms with van der Waals surface area (Å²) in [5.41, 5.74) is 8.00. The summed E-state index contributed by atoms with van der Waals surface area (Å²) in [4.78, 5) is 4.19. The molecule has 2 rings (SSSR count). The van der Waals surface area contributed by atoms with Gasteiger partial charge in [-0.15, -0.1) is 0 Å². The topological polar surface area (TPSA) is 47.6 Å². The Kier molecular flexibility index (Phi) is 2.39. The van der Waals surface area contributed by atoms with Crippen LogP contribution in [0.1, 0.15) is 11.1 Å². The van der Waals surface area contributed by atoms with Crippen LogP contribution in [0, 0.1) is 6.92 Å². The van der Waals surface area contributed by atoms with Gasteiger partial charge < -0.3 is 10.5 Å². The number of benzene rings is 1. The number of ether oxygens (including phenoxy) is 1. The van der Waals surface area contributed by atoms with Gasteiger partial charge in [-0.25, -0.2) is 4.99 Å². The van der Waals surface area contributed by atoms with Gasteiger partial charge in [0, 0.05) is 0 Å². The van der Waals surface area contributed by atoms with E-state index in [0.717, 1.165) is 6.42 Å². The van der Waals surface area contributed by atoms with Gasteiger partial charge in [0.05, 0.1) is 6.04 Å². The van der Waals surface area contributed by atoms with Crippen LogP contribution in [0.4, 0.5) is 0 Å². The second-order valence-electron chi connectivity index (χ2n) is 3.63. The standard InChI is InChI=1S/C11H14N2O/c1-8-3-2-4-9(5-8)6-10-7-14-11(12)13-10/h2-5,10H,6-7H2,1H3,(H2,12,13). The van der Waals surface area contributed by atoms with Gasteiger partial charge in [0.15, 0.2) is 0 Å². The summed E-state index contributed by atoms with van der Waals surface area (Å²) in [7, 11) is 0. The minimum Gasteiger partial charge on any atom is -0.463 e. The quantitative estimate of drug-likeness (QED) is 0.763. The Hall–Kier alpha value is -1.51. The minimum absolute atomic E-state index is 0.191. The summed E-state index contributed by atoms with van der Waals surface area (Å²) in [5.74, 6) is 0. The molecule has 14 heavy (non-hydrogen) atoms. The number of aliphatic imine (C=N–C) groups is 1. The Bertz CT molecular complexity index is 360. The Morgan fingerprint density at radius 1 is 1.57 bits per heavy atom. The van der Waals surface area contributed by atoms with Crippen LogP contribution in [0.15, 0.2) is 29.3 Å². The highest BCUT2D eigenvalue weighted by molar-refractivity contribution is 5.73. The smallest absolute Gasteiger partial charge is 0.282 e. The van der Waals surface area contributed by atoms with E-state index in [1.807, 2.05) is 0 Å². The fourth-order valence-corrected chi connectivity index (χ4v) is 1.65. The molecule has 0 bridgehead atoms. The molecule has 1 aromatic carbocycles. The number of rotatable bonds is 2. The molecular weight excluding hydrogens is 176 g/mol. The van der Waals surface area contributed by atoms with Gasteiger partial charge in [-0.1, -0.05) is 29.8 Å². The molecule has 0 saturated heterocycles. The molecule has 74 valence electrons. The predicted molar refractivity (Wildman–Crippen MR) is 56.2 cm³/mol. The normalized spacial score (nSPS) is 20.4. The van der Waals surface area contributed by atoms with Crippen molar-refractivity contribution in [3.8, 4) is 0 Å². The SMILES string of the molecule is Cc1cccc(CC2COC(N)=N2)c1. The van der Waals surface area contributed by atoms with E-state index in [1.165, 1.54) is 11.1 Å². The molecule has 1 atom stereocenters. The minimum atomic E-state index is 0.191. The van der Waals surface area contributed by atoms with Gasteiger partial charge >= 0.3 is 0 Å². The third kappa shape index (κ3) is 2.05. The van der Waals surface area contributed by atoms with Crippen LogP contribution in [-0.2, 0) is 11.2 Å². The van der Waals surface area contributed by atoms with E-state index >= 15 is 0 Å². The van der Waals surface area contributed by atoms with Crippen LogP contribution in [0.2, 0.25) is 0 Å². The van der Waals surface area contributed by atoms with Crippen molar-refractivity contribution in [1.29, 1.82) is 0 Å². The van der Waals surface area contributed by atoms with E-state index < -0.39 is 0 Å². The molecular formula is C11H14N2O. The molecule has 1 aliphatic heterocycles. The van der Waals surface area contributed by atoms with E-state index in [1.54, 1.807) is 0 Å². The zero-order valence-corrected chi connectivity index (χ0v) is 8.23. The largest absolute Gasteiger partial charge is 0.463 e. The zero-order valence-electron chi connectivity index (χ0n) is 8.23. The van der Waals surface area contributed by atoms with Crippen molar-refractivity contribution >= 4 is 6.02 Å². The van der Waals surface area contributed by atoms with Gasteiger partial charge in [-0.2, -0.15) is 0 Å². The van der Waals surface area contributed by atoms with E-state index in [9.17, 15) is 0 Å². The van der Waals surface area contributed by atoms with Crippen molar-refractivity contribution in [3.05, 3.63) is 35.4 Å². The first-order valence-electron chi connectivity index (χ1n) is 4.75. The Morgan fingerprint density at radius 3 is 3.07 bits per heavy atom. The number of nitrogens with two attached hydrogens (primary N) is 1. The third-order valence-corrected chi connectivity index (χ3v) is 2.29. The van der Waals surface area contributed by atoms with Gasteiger partial charge in [0.25, 0.3) is 6.02 Å². The Labute approximate surface area is 83.6 Å². The molecule has 1 unspecified atom stereocenters. The first-order chi connectivity index (χ1) is 6.74. The lowest BCUT2D eigenvalue weighted by Gasteiger charge is -2.05. The fourth-order valence-electron chi connectivity index (χ4n) is 1.65. The number of amidine groups is 1. The summed E-state index contributed by atoms with van der Waals surface area (Å²) in [6, 6.07) is 8.94. The molecule has 0 aromatic heterocycles. The van der Waals surface area contributed by atoms with E-state index in [2.05, 4.69) is 36.2 Å². The lowest BCUT2D eigenvalue weighted by atomic mass is 10.1. The average Bonchev–Trinajstić information content (AvgIpc) is 2.51. The molecule has 0 aliphatic carbocycles. The predicted octanol–water partition coefficient (Wildman–Crippen LogP) is 1.25. The summed E-state index contributed by atoms with van der Waals surface area (Å²) in [6.07, 6.45) is 0.905.